The van der Waals surface area contributed by atoms with Crippen LogP contribution in [0.15, 0.2) is 47.6 Å². The number of halogens is 3. The van der Waals surface area contributed by atoms with Crippen LogP contribution in [-0.2, 0) is 16.2 Å². The number of hydrogen-bond acceptors (Lipinski definition) is 3. The molecule has 1 fully saturated rings. The number of carbonyl (C=O) groups is 1. The van der Waals surface area contributed by atoms with Crippen molar-refractivity contribution in [1.82, 2.24) is 4.90 Å². The van der Waals surface area contributed by atoms with Crippen molar-refractivity contribution in [1.29, 1.82) is 0 Å². The van der Waals surface area contributed by atoms with Gasteiger partial charge in [0, 0.05) is 36.1 Å². The molecule has 1 amide bonds. The van der Waals surface area contributed by atoms with Crippen molar-refractivity contribution in [2.24, 2.45) is 11.1 Å². The number of nitrogens with zero attached hydrogens (tertiary/aromatic N) is 2. The second kappa shape index (κ2) is 8.90. The molecule has 2 aromatic rings. The van der Waals surface area contributed by atoms with Gasteiger partial charge >= 0.3 is 0 Å². The predicted octanol–water partition coefficient (Wildman–Crippen LogP) is 4.82. The average Bonchev–Trinajstić information content (AvgIpc) is 3.41. The number of carbonyl (C=O) groups excluding carboxylic acids is 1. The van der Waals surface area contributed by atoms with Crippen LogP contribution in [-0.4, -0.2) is 29.2 Å². The molecular weight excluding hydrogens is 393 g/mol. The standard InChI is InChI=1S/C23H23F3N2O2/c24-18-7-3-6-16(10-18)22-12-20(30-27-22)14-28(23(29)15-4-1-2-5-15)13-17-8-9-19(25)11-21(17)26/h3,6-11,15,20H,1-2,4-5,12-14H2/t20-/m1/s1. The van der Waals surface area contributed by atoms with Gasteiger partial charge in [-0.25, -0.2) is 13.2 Å². The summed E-state index contributed by atoms with van der Waals surface area (Å²) >= 11 is 0. The van der Waals surface area contributed by atoms with Gasteiger partial charge in [-0.3, -0.25) is 4.79 Å². The van der Waals surface area contributed by atoms with E-state index in [0.29, 0.717) is 17.7 Å². The van der Waals surface area contributed by atoms with Crippen LogP contribution in [0, 0.1) is 23.4 Å². The highest BCUT2D eigenvalue weighted by molar-refractivity contribution is 6.01. The first-order valence-electron chi connectivity index (χ1n) is 10.2. The first-order chi connectivity index (χ1) is 14.5. The Labute approximate surface area is 173 Å². The topological polar surface area (TPSA) is 41.9 Å². The van der Waals surface area contributed by atoms with E-state index in [1.807, 2.05) is 0 Å². The van der Waals surface area contributed by atoms with E-state index in [-0.39, 0.29) is 36.3 Å². The Bertz CT molecular complexity index is 957. The van der Waals surface area contributed by atoms with Crippen LogP contribution in [0.4, 0.5) is 13.2 Å². The molecule has 0 spiro atoms. The van der Waals surface area contributed by atoms with Crippen LogP contribution >= 0.6 is 0 Å². The van der Waals surface area contributed by atoms with Gasteiger partial charge in [-0.15, -0.1) is 0 Å². The van der Waals surface area contributed by atoms with E-state index in [1.54, 1.807) is 17.0 Å². The smallest absolute Gasteiger partial charge is 0.226 e. The van der Waals surface area contributed by atoms with Gasteiger partial charge in [0.2, 0.25) is 5.91 Å². The third kappa shape index (κ3) is 4.66. The lowest BCUT2D eigenvalue weighted by Gasteiger charge is -2.27. The first-order valence-corrected chi connectivity index (χ1v) is 10.2. The van der Waals surface area contributed by atoms with Crippen molar-refractivity contribution in [2.75, 3.05) is 6.54 Å². The third-order valence-electron chi connectivity index (χ3n) is 5.71. The highest BCUT2D eigenvalue weighted by Crippen LogP contribution is 2.28. The van der Waals surface area contributed by atoms with Gasteiger partial charge < -0.3 is 9.74 Å². The lowest BCUT2D eigenvalue weighted by Crippen LogP contribution is -2.40. The van der Waals surface area contributed by atoms with Gasteiger partial charge in [-0.1, -0.05) is 36.2 Å². The SMILES string of the molecule is O=C(C1CCCC1)N(Cc1ccc(F)cc1F)C[C@H]1CC(c2cccc(F)c2)=NO1. The first kappa shape index (κ1) is 20.4. The van der Waals surface area contributed by atoms with Gasteiger partial charge in [0.1, 0.15) is 17.5 Å². The molecule has 0 radical (unpaired) electrons. The van der Waals surface area contributed by atoms with Gasteiger partial charge in [0.05, 0.1) is 12.3 Å². The Morgan fingerprint density at radius 2 is 1.83 bits per heavy atom. The van der Waals surface area contributed by atoms with E-state index in [9.17, 15) is 18.0 Å². The Morgan fingerprint density at radius 3 is 2.57 bits per heavy atom. The van der Waals surface area contributed by atoms with E-state index in [1.165, 1.54) is 24.3 Å². The fourth-order valence-corrected chi connectivity index (χ4v) is 4.13. The van der Waals surface area contributed by atoms with E-state index in [2.05, 4.69) is 5.16 Å². The summed E-state index contributed by atoms with van der Waals surface area (Å²) in [6.45, 7) is 0.269. The summed E-state index contributed by atoms with van der Waals surface area (Å²) in [6.07, 6.45) is 3.65. The minimum atomic E-state index is -0.678. The summed E-state index contributed by atoms with van der Waals surface area (Å²) in [5.74, 6) is -1.82. The second-order valence-electron chi connectivity index (χ2n) is 7.92. The minimum absolute atomic E-state index is 0.0383. The molecule has 0 N–H and O–H groups in total. The van der Waals surface area contributed by atoms with E-state index in [4.69, 9.17) is 4.84 Å². The molecule has 1 atom stereocenters. The largest absolute Gasteiger partial charge is 0.390 e. The molecule has 0 aromatic heterocycles. The number of hydrogen-bond donors (Lipinski definition) is 0. The van der Waals surface area contributed by atoms with Crippen LogP contribution in [0.3, 0.4) is 0 Å². The van der Waals surface area contributed by atoms with Crippen molar-refractivity contribution < 1.29 is 22.8 Å². The maximum atomic E-state index is 14.2. The van der Waals surface area contributed by atoms with Crippen molar-refractivity contribution in [3.8, 4) is 0 Å². The lowest BCUT2D eigenvalue weighted by molar-refractivity contribution is -0.137. The van der Waals surface area contributed by atoms with Crippen LogP contribution in [0.25, 0.3) is 0 Å². The molecule has 4 rings (SSSR count). The zero-order valence-electron chi connectivity index (χ0n) is 16.5. The Balaban J connectivity index is 1.48. The molecule has 0 saturated heterocycles. The lowest BCUT2D eigenvalue weighted by atomic mass is 10.0. The number of oxime groups is 1. The summed E-state index contributed by atoms with van der Waals surface area (Å²) < 4.78 is 41.0. The molecule has 0 unspecified atom stereocenters. The van der Waals surface area contributed by atoms with Gasteiger partial charge in [-0.2, -0.15) is 0 Å². The quantitative estimate of drug-likeness (QED) is 0.678. The second-order valence-corrected chi connectivity index (χ2v) is 7.92. The van der Waals surface area contributed by atoms with E-state index < -0.39 is 17.7 Å². The minimum Gasteiger partial charge on any atom is -0.390 e. The third-order valence-corrected chi connectivity index (χ3v) is 5.71. The van der Waals surface area contributed by atoms with Gasteiger partial charge in [0.15, 0.2) is 6.10 Å². The van der Waals surface area contributed by atoms with Crippen molar-refractivity contribution >= 4 is 11.6 Å². The molecule has 2 aliphatic rings. The highest BCUT2D eigenvalue weighted by Gasteiger charge is 2.32. The summed E-state index contributed by atoms with van der Waals surface area (Å²) in [4.78, 5) is 20.2. The van der Waals surface area contributed by atoms with Crippen LogP contribution in [0.1, 0.15) is 43.2 Å². The molecule has 1 saturated carbocycles. The number of amides is 1. The Hall–Kier alpha value is -2.83. The molecule has 7 heteroatoms. The monoisotopic (exact) mass is 416 g/mol. The van der Waals surface area contributed by atoms with Crippen LogP contribution in [0.5, 0.6) is 0 Å². The van der Waals surface area contributed by atoms with E-state index in [0.717, 1.165) is 31.7 Å². The predicted molar refractivity (Wildman–Crippen MR) is 106 cm³/mol. The maximum absolute atomic E-state index is 14.2. The average molecular weight is 416 g/mol. The number of benzene rings is 2. The van der Waals surface area contributed by atoms with Crippen LogP contribution in [0.2, 0.25) is 0 Å². The molecule has 1 aliphatic carbocycles. The van der Waals surface area contributed by atoms with Crippen molar-refractivity contribution in [3.63, 3.8) is 0 Å². The Morgan fingerprint density at radius 1 is 1.07 bits per heavy atom. The molecule has 2 aromatic carbocycles. The molecule has 1 heterocycles. The normalized spacial score (nSPS) is 18.9. The van der Waals surface area contributed by atoms with E-state index >= 15 is 0 Å². The molecule has 4 nitrogen and oxygen atoms in total. The molecule has 1 aliphatic heterocycles. The molecule has 158 valence electrons. The van der Waals surface area contributed by atoms with Crippen LogP contribution < -0.4 is 0 Å². The molecule has 30 heavy (non-hydrogen) atoms. The van der Waals surface area contributed by atoms with Gasteiger partial charge in [0.25, 0.3) is 0 Å². The summed E-state index contributed by atoms with van der Waals surface area (Å²) in [5.41, 5.74) is 1.50. The summed E-state index contributed by atoms with van der Waals surface area (Å²) in [5, 5.41) is 4.06. The fraction of sp³-hybridized carbons (Fsp3) is 0.391. The zero-order valence-corrected chi connectivity index (χ0v) is 16.5. The van der Waals surface area contributed by atoms with Crippen molar-refractivity contribution in [2.45, 2.75) is 44.8 Å². The molecule has 0 bridgehead atoms. The summed E-state index contributed by atoms with van der Waals surface area (Å²) in [7, 11) is 0. The molecular formula is C23H23F3N2O2. The van der Waals surface area contributed by atoms with Crippen molar-refractivity contribution in [3.05, 3.63) is 71.0 Å². The fourth-order valence-electron chi connectivity index (χ4n) is 4.13. The number of rotatable bonds is 6. The summed E-state index contributed by atoms with van der Waals surface area (Å²) in [6, 6.07) is 9.48. The highest BCUT2D eigenvalue weighted by atomic mass is 19.1. The zero-order chi connectivity index (χ0) is 21.1. The Kier molecular flexibility index (Phi) is 6.06. The van der Waals surface area contributed by atoms with Gasteiger partial charge in [-0.05, 0) is 31.0 Å². The maximum Gasteiger partial charge on any atom is 0.226 e.